The average molecular weight is 458 g/mol. The van der Waals surface area contributed by atoms with Gasteiger partial charge in [0, 0.05) is 36.8 Å². The summed E-state index contributed by atoms with van der Waals surface area (Å²) in [5, 5.41) is 6.04. The Kier molecular flexibility index (Phi) is 7.20. The molecular formula is C26H43N5O2. The second kappa shape index (κ2) is 9.79. The molecule has 184 valence electrons. The van der Waals surface area contributed by atoms with Crippen molar-refractivity contribution in [2.24, 2.45) is 51.0 Å². The Bertz CT molecular complexity index is 837. The SMILES string of the molecule is C[C@]12CC/C(=N/OCCCCN(N)/C=C(\N)CN)C=C1CCC1C2CC[C@]2(C)C(=O)CCC12. The minimum atomic E-state index is -0.0396. The number of nitrogens with two attached hydrogens (primary N) is 3. The smallest absolute Gasteiger partial charge is 0.139 e. The van der Waals surface area contributed by atoms with E-state index in [0.717, 1.165) is 57.1 Å². The molecule has 0 saturated heterocycles. The number of unbranched alkanes of at least 4 members (excludes halogenated alkanes) is 1. The van der Waals surface area contributed by atoms with Crippen molar-refractivity contribution in [1.29, 1.82) is 0 Å². The van der Waals surface area contributed by atoms with Crippen molar-refractivity contribution in [3.8, 4) is 0 Å². The number of allylic oxidation sites excluding steroid dienone is 2. The van der Waals surface area contributed by atoms with Gasteiger partial charge in [-0.05, 0) is 87.0 Å². The first-order valence-corrected chi connectivity index (χ1v) is 12.9. The van der Waals surface area contributed by atoms with Crippen molar-refractivity contribution in [2.45, 2.75) is 78.1 Å². The molecule has 3 fully saturated rings. The highest BCUT2D eigenvalue weighted by Crippen LogP contribution is 2.64. The van der Waals surface area contributed by atoms with Crippen molar-refractivity contribution >= 4 is 11.5 Å². The molecular weight excluding hydrogens is 414 g/mol. The minimum absolute atomic E-state index is 0.0396. The maximum absolute atomic E-state index is 12.6. The number of Topliss-reactive ketones (excluding diaryl/α,β-unsaturated/α-hetero) is 1. The quantitative estimate of drug-likeness (QED) is 0.291. The van der Waals surface area contributed by atoms with Crippen LogP contribution in [0.3, 0.4) is 0 Å². The summed E-state index contributed by atoms with van der Waals surface area (Å²) < 4.78 is 0. The molecule has 0 spiro atoms. The molecule has 7 nitrogen and oxygen atoms in total. The summed E-state index contributed by atoms with van der Waals surface area (Å²) in [6.07, 6.45) is 14.5. The van der Waals surface area contributed by atoms with Crippen LogP contribution in [0.1, 0.15) is 78.1 Å². The van der Waals surface area contributed by atoms with Crippen LogP contribution in [-0.4, -0.2) is 36.2 Å². The maximum atomic E-state index is 12.6. The van der Waals surface area contributed by atoms with E-state index in [0.29, 0.717) is 48.9 Å². The Hall–Kier alpha value is -1.86. The van der Waals surface area contributed by atoms with E-state index in [9.17, 15) is 4.79 Å². The van der Waals surface area contributed by atoms with Crippen molar-refractivity contribution in [3.63, 3.8) is 0 Å². The molecule has 0 bridgehead atoms. The number of fused-ring (bicyclic) bond motifs is 5. The van der Waals surface area contributed by atoms with Gasteiger partial charge in [-0.25, -0.2) is 5.84 Å². The van der Waals surface area contributed by atoms with Gasteiger partial charge in [0.15, 0.2) is 0 Å². The van der Waals surface area contributed by atoms with Crippen LogP contribution in [0.2, 0.25) is 0 Å². The summed E-state index contributed by atoms with van der Waals surface area (Å²) in [5.74, 6) is 8.43. The number of carbonyl (C=O) groups excluding carboxylic acids is 1. The van der Waals surface area contributed by atoms with Crippen molar-refractivity contribution in [2.75, 3.05) is 19.7 Å². The normalized spacial score (nSPS) is 37.3. The molecule has 0 radical (unpaired) electrons. The molecule has 3 unspecified atom stereocenters. The topological polar surface area (TPSA) is 120 Å². The summed E-state index contributed by atoms with van der Waals surface area (Å²) in [6, 6.07) is 0. The summed E-state index contributed by atoms with van der Waals surface area (Å²) in [6.45, 7) is 6.35. The minimum Gasteiger partial charge on any atom is -0.400 e. The van der Waals surface area contributed by atoms with Crippen LogP contribution in [0.4, 0.5) is 0 Å². The highest BCUT2D eigenvalue weighted by molar-refractivity contribution is 5.96. The molecule has 0 aliphatic heterocycles. The summed E-state index contributed by atoms with van der Waals surface area (Å²) >= 11 is 0. The lowest BCUT2D eigenvalue weighted by Gasteiger charge is -2.57. The molecule has 33 heavy (non-hydrogen) atoms. The van der Waals surface area contributed by atoms with E-state index in [-0.39, 0.29) is 10.8 Å². The number of hydrogen-bond acceptors (Lipinski definition) is 7. The third-order valence-electron chi connectivity index (χ3n) is 9.34. The second-order valence-electron chi connectivity index (χ2n) is 11.2. The number of nitrogens with zero attached hydrogens (tertiary/aromatic N) is 2. The number of hydrogen-bond donors (Lipinski definition) is 3. The van der Waals surface area contributed by atoms with Gasteiger partial charge < -0.3 is 21.3 Å². The zero-order valence-electron chi connectivity index (χ0n) is 20.5. The third-order valence-corrected chi connectivity index (χ3v) is 9.34. The van der Waals surface area contributed by atoms with Crippen LogP contribution < -0.4 is 17.3 Å². The van der Waals surface area contributed by atoms with E-state index in [1.807, 2.05) is 0 Å². The van der Waals surface area contributed by atoms with Gasteiger partial charge >= 0.3 is 0 Å². The van der Waals surface area contributed by atoms with E-state index in [2.05, 4.69) is 25.1 Å². The van der Waals surface area contributed by atoms with E-state index >= 15 is 0 Å². The molecule has 4 rings (SSSR count). The van der Waals surface area contributed by atoms with Gasteiger partial charge in [-0.15, -0.1) is 0 Å². The Labute approximate surface area is 198 Å². The Morgan fingerprint density at radius 1 is 1.15 bits per heavy atom. The number of ketones is 1. The average Bonchev–Trinajstić information content (AvgIpc) is 3.10. The summed E-state index contributed by atoms with van der Waals surface area (Å²) in [7, 11) is 0. The van der Waals surface area contributed by atoms with Crippen LogP contribution >= 0.6 is 0 Å². The van der Waals surface area contributed by atoms with Crippen molar-refractivity contribution < 1.29 is 9.63 Å². The van der Waals surface area contributed by atoms with E-state index in [1.54, 1.807) is 16.8 Å². The van der Waals surface area contributed by atoms with Crippen LogP contribution in [-0.2, 0) is 9.63 Å². The number of carbonyl (C=O) groups is 1. The largest absolute Gasteiger partial charge is 0.400 e. The summed E-state index contributed by atoms with van der Waals surface area (Å²) in [5.41, 5.74) is 14.6. The third kappa shape index (κ3) is 4.72. The number of hydrazine groups is 1. The molecule has 0 amide bonds. The Balaban J connectivity index is 1.29. The van der Waals surface area contributed by atoms with Gasteiger partial charge in [0.25, 0.3) is 0 Å². The lowest BCUT2D eigenvalue weighted by molar-refractivity contribution is -0.132. The molecule has 0 aromatic carbocycles. The maximum Gasteiger partial charge on any atom is 0.139 e. The van der Waals surface area contributed by atoms with Crippen molar-refractivity contribution in [1.82, 2.24) is 5.01 Å². The predicted octanol–water partition coefficient (Wildman–Crippen LogP) is 3.61. The van der Waals surface area contributed by atoms with Gasteiger partial charge in [0.2, 0.25) is 0 Å². The fourth-order valence-electron chi connectivity index (χ4n) is 7.33. The zero-order valence-corrected chi connectivity index (χ0v) is 20.5. The predicted molar refractivity (Wildman–Crippen MR) is 132 cm³/mol. The van der Waals surface area contributed by atoms with Gasteiger partial charge in [0.1, 0.15) is 12.4 Å². The van der Waals surface area contributed by atoms with Gasteiger partial charge in [-0.1, -0.05) is 24.6 Å². The fourth-order valence-corrected chi connectivity index (χ4v) is 7.33. The zero-order chi connectivity index (χ0) is 23.6. The van der Waals surface area contributed by atoms with Crippen LogP contribution in [0.5, 0.6) is 0 Å². The van der Waals surface area contributed by atoms with Gasteiger partial charge in [-0.3, -0.25) is 4.79 Å². The fraction of sp³-hybridized carbons (Fsp3) is 0.769. The van der Waals surface area contributed by atoms with Gasteiger partial charge in [-0.2, -0.15) is 0 Å². The molecule has 0 aromatic heterocycles. The molecule has 0 aromatic rings. The molecule has 7 heteroatoms. The second-order valence-corrected chi connectivity index (χ2v) is 11.2. The van der Waals surface area contributed by atoms with E-state index in [1.165, 1.54) is 12.8 Å². The monoisotopic (exact) mass is 457 g/mol. The molecule has 6 N–H and O–H groups in total. The molecule has 0 heterocycles. The molecule has 3 saturated carbocycles. The first kappa shape index (κ1) is 24.3. The first-order valence-electron chi connectivity index (χ1n) is 12.9. The lowest BCUT2D eigenvalue weighted by atomic mass is 9.47. The molecule has 5 atom stereocenters. The first-order chi connectivity index (χ1) is 15.8. The van der Waals surface area contributed by atoms with Crippen molar-refractivity contribution in [3.05, 3.63) is 23.5 Å². The molecule has 4 aliphatic rings. The Morgan fingerprint density at radius 2 is 1.94 bits per heavy atom. The number of oxime groups is 1. The van der Waals surface area contributed by atoms with Gasteiger partial charge in [0.05, 0.1) is 5.71 Å². The lowest BCUT2D eigenvalue weighted by Crippen LogP contribution is -2.50. The highest BCUT2D eigenvalue weighted by atomic mass is 16.6. The molecule has 4 aliphatic carbocycles. The van der Waals surface area contributed by atoms with Crippen LogP contribution in [0.25, 0.3) is 0 Å². The van der Waals surface area contributed by atoms with E-state index < -0.39 is 0 Å². The Morgan fingerprint density at radius 3 is 2.73 bits per heavy atom. The van der Waals surface area contributed by atoms with E-state index in [4.69, 9.17) is 22.1 Å². The van der Waals surface area contributed by atoms with Crippen LogP contribution in [0.15, 0.2) is 28.7 Å². The summed E-state index contributed by atoms with van der Waals surface area (Å²) in [4.78, 5) is 18.2. The highest BCUT2D eigenvalue weighted by Gasteiger charge is 2.58. The standard InChI is InChI=1S/C26H43N5O2/c1-25-11-9-20(30-33-14-4-3-13-31(29)17-19(28)16-27)15-18(25)5-6-21-22-7-8-24(32)26(22,2)12-10-23(21)25/h15,17,21-23H,3-14,16,27-29H2,1-2H3/b19-17-,30-20-/t21?,22?,23?,25-,26-/m0/s1. The number of rotatable bonds is 8. The van der Waals surface area contributed by atoms with Crippen LogP contribution in [0, 0.1) is 28.6 Å².